The van der Waals surface area contributed by atoms with Crippen molar-refractivity contribution in [2.24, 2.45) is 0 Å². The van der Waals surface area contributed by atoms with Crippen LogP contribution in [0.4, 0.5) is 10.1 Å². The predicted octanol–water partition coefficient (Wildman–Crippen LogP) is 3.73. The standard InChI is InChI=1S/C19H17FN2O2/c1-13(23)22-10-9-14-5-2-3-8-17(14)18(22)12-19(24)21-16-7-4-6-15(20)11-16/h2-11,18H,12H2,1H3,(H,21,24)/t18-/m0/s1. The first kappa shape index (κ1) is 15.9. The minimum atomic E-state index is -0.413. The number of anilines is 1. The van der Waals surface area contributed by atoms with Crippen LogP contribution in [0.5, 0.6) is 0 Å². The van der Waals surface area contributed by atoms with E-state index in [4.69, 9.17) is 0 Å². The third-order valence-corrected chi connectivity index (χ3v) is 3.96. The fourth-order valence-electron chi connectivity index (χ4n) is 2.87. The number of fused-ring (bicyclic) bond motifs is 1. The quantitative estimate of drug-likeness (QED) is 0.935. The Labute approximate surface area is 139 Å². The molecule has 122 valence electrons. The van der Waals surface area contributed by atoms with Gasteiger partial charge in [-0.25, -0.2) is 4.39 Å². The van der Waals surface area contributed by atoms with Gasteiger partial charge in [0.25, 0.3) is 0 Å². The van der Waals surface area contributed by atoms with E-state index in [0.29, 0.717) is 5.69 Å². The van der Waals surface area contributed by atoms with E-state index in [1.807, 2.05) is 30.3 Å². The molecule has 5 heteroatoms. The van der Waals surface area contributed by atoms with E-state index < -0.39 is 5.82 Å². The second-order valence-corrected chi connectivity index (χ2v) is 5.65. The molecule has 1 atom stereocenters. The Morgan fingerprint density at radius 1 is 1.17 bits per heavy atom. The Morgan fingerprint density at radius 2 is 1.96 bits per heavy atom. The van der Waals surface area contributed by atoms with Crippen molar-refractivity contribution in [3.8, 4) is 0 Å². The van der Waals surface area contributed by atoms with E-state index in [9.17, 15) is 14.0 Å². The normalized spacial score (nSPS) is 15.8. The second-order valence-electron chi connectivity index (χ2n) is 5.65. The lowest BCUT2D eigenvalue weighted by Gasteiger charge is -2.32. The molecular formula is C19H17FN2O2. The zero-order chi connectivity index (χ0) is 17.1. The molecule has 4 nitrogen and oxygen atoms in total. The van der Waals surface area contributed by atoms with Gasteiger partial charge in [0.05, 0.1) is 12.5 Å². The number of halogens is 1. The van der Waals surface area contributed by atoms with Gasteiger partial charge in [0.1, 0.15) is 5.82 Å². The van der Waals surface area contributed by atoms with Gasteiger partial charge in [-0.2, -0.15) is 0 Å². The van der Waals surface area contributed by atoms with E-state index in [0.717, 1.165) is 11.1 Å². The van der Waals surface area contributed by atoms with Crippen LogP contribution >= 0.6 is 0 Å². The topological polar surface area (TPSA) is 49.4 Å². The van der Waals surface area contributed by atoms with Gasteiger partial charge < -0.3 is 10.2 Å². The summed E-state index contributed by atoms with van der Waals surface area (Å²) in [5, 5.41) is 2.68. The molecule has 0 radical (unpaired) electrons. The lowest BCUT2D eigenvalue weighted by Crippen LogP contribution is -2.33. The van der Waals surface area contributed by atoms with Crippen LogP contribution in [-0.4, -0.2) is 16.7 Å². The van der Waals surface area contributed by atoms with E-state index in [1.54, 1.807) is 17.2 Å². The molecule has 2 aromatic carbocycles. The predicted molar refractivity (Wildman–Crippen MR) is 90.4 cm³/mol. The largest absolute Gasteiger partial charge is 0.326 e. The van der Waals surface area contributed by atoms with Crippen molar-refractivity contribution in [1.29, 1.82) is 0 Å². The first-order valence-electron chi connectivity index (χ1n) is 7.66. The van der Waals surface area contributed by atoms with E-state index in [2.05, 4.69) is 5.32 Å². The second kappa shape index (κ2) is 6.66. The van der Waals surface area contributed by atoms with Gasteiger partial charge in [0, 0.05) is 18.8 Å². The number of carbonyl (C=O) groups is 2. The molecule has 0 saturated carbocycles. The highest BCUT2D eigenvalue weighted by Gasteiger charge is 2.28. The van der Waals surface area contributed by atoms with Gasteiger partial charge in [-0.3, -0.25) is 9.59 Å². The van der Waals surface area contributed by atoms with E-state index >= 15 is 0 Å². The van der Waals surface area contributed by atoms with Crippen molar-refractivity contribution in [3.05, 3.63) is 71.7 Å². The van der Waals surface area contributed by atoms with E-state index in [1.165, 1.54) is 25.1 Å². The lowest BCUT2D eigenvalue weighted by molar-refractivity contribution is -0.129. The molecule has 1 N–H and O–H groups in total. The summed E-state index contributed by atoms with van der Waals surface area (Å²) in [5.74, 6) is -0.824. The van der Waals surface area contributed by atoms with Crippen LogP contribution in [0.25, 0.3) is 6.08 Å². The lowest BCUT2D eigenvalue weighted by atomic mass is 9.93. The Morgan fingerprint density at radius 3 is 2.71 bits per heavy atom. The molecule has 2 aromatic rings. The average Bonchev–Trinajstić information content (AvgIpc) is 2.54. The van der Waals surface area contributed by atoms with Gasteiger partial charge in [-0.1, -0.05) is 30.3 Å². The van der Waals surface area contributed by atoms with Crippen molar-refractivity contribution in [1.82, 2.24) is 4.90 Å². The zero-order valence-electron chi connectivity index (χ0n) is 13.2. The Hall–Kier alpha value is -2.95. The summed E-state index contributed by atoms with van der Waals surface area (Å²) in [5.41, 5.74) is 2.30. The summed E-state index contributed by atoms with van der Waals surface area (Å²) in [6.07, 6.45) is 3.65. The van der Waals surface area contributed by atoms with Crippen LogP contribution < -0.4 is 5.32 Å². The molecule has 0 aliphatic carbocycles. The van der Waals surface area contributed by atoms with E-state index in [-0.39, 0.29) is 24.3 Å². The van der Waals surface area contributed by atoms with Crippen molar-refractivity contribution in [3.63, 3.8) is 0 Å². The summed E-state index contributed by atoms with van der Waals surface area (Å²) < 4.78 is 13.2. The van der Waals surface area contributed by atoms with Gasteiger partial charge in [0.15, 0.2) is 0 Å². The van der Waals surface area contributed by atoms with Gasteiger partial charge in [-0.15, -0.1) is 0 Å². The number of nitrogens with one attached hydrogen (secondary N) is 1. The fourth-order valence-corrected chi connectivity index (χ4v) is 2.87. The maximum atomic E-state index is 13.2. The molecule has 0 fully saturated rings. The summed E-state index contributed by atoms with van der Waals surface area (Å²) >= 11 is 0. The first-order chi connectivity index (χ1) is 11.5. The molecule has 3 rings (SSSR count). The minimum Gasteiger partial charge on any atom is -0.326 e. The van der Waals surface area contributed by atoms with Gasteiger partial charge in [-0.05, 0) is 35.4 Å². The average molecular weight is 324 g/mol. The molecule has 1 aliphatic rings. The number of rotatable bonds is 3. The van der Waals surface area contributed by atoms with Crippen LogP contribution in [-0.2, 0) is 9.59 Å². The number of hydrogen-bond donors (Lipinski definition) is 1. The van der Waals surface area contributed by atoms with Crippen molar-refractivity contribution < 1.29 is 14.0 Å². The molecule has 0 spiro atoms. The molecule has 1 heterocycles. The highest BCUT2D eigenvalue weighted by Crippen LogP contribution is 2.33. The number of amides is 2. The van der Waals surface area contributed by atoms with Crippen LogP contribution in [0.15, 0.2) is 54.7 Å². The molecule has 0 aromatic heterocycles. The van der Waals surface area contributed by atoms with Crippen LogP contribution in [0, 0.1) is 5.82 Å². The van der Waals surface area contributed by atoms with Crippen molar-refractivity contribution in [2.75, 3.05) is 5.32 Å². The number of nitrogens with zero attached hydrogens (tertiary/aromatic N) is 1. The summed E-state index contributed by atoms with van der Waals surface area (Å²) in [6.45, 7) is 1.47. The number of benzene rings is 2. The monoisotopic (exact) mass is 324 g/mol. The molecule has 1 aliphatic heterocycles. The molecule has 0 saturated heterocycles. The van der Waals surface area contributed by atoms with Crippen molar-refractivity contribution >= 4 is 23.6 Å². The maximum Gasteiger partial charge on any atom is 0.226 e. The highest BCUT2D eigenvalue weighted by molar-refractivity contribution is 5.92. The third-order valence-electron chi connectivity index (χ3n) is 3.96. The molecular weight excluding hydrogens is 307 g/mol. The van der Waals surface area contributed by atoms with Crippen LogP contribution in [0.2, 0.25) is 0 Å². The Bertz CT molecular complexity index is 817. The molecule has 0 unspecified atom stereocenters. The Kier molecular flexibility index (Phi) is 4.42. The number of hydrogen-bond acceptors (Lipinski definition) is 2. The first-order valence-corrected chi connectivity index (χ1v) is 7.66. The molecule has 24 heavy (non-hydrogen) atoms. The summed E-state index contributed by atoms with van der Waals surface area (Å²) in [6, 6.07) is 13.0. The van der Waals surface area contributed by atoms with Crippen LogP contribution in [0.3, 0.4) is 0 Å². The number of carbonyl (C=O) groups excluding carboxylic acids is 2. The summed E-state index contributed by atoms with van der Waals surface area (Å²) in [7, 11) is 0. The smallest absolute Gasteiger partial charge is 0.226 e. The zero-order valence-corrected chi connectivity index (χ0v) is 13.2. The highest BCUT2D eigenvalue weighted by atomic mass is 19.1. The minimum absolute atomic E-state index is 0.0947. The van der Waals surface area contributed by atoms with Gasteiger partial charge >= 0.3 is 0 Å². The SMILES string of the molecule is CC(=O)N1C=Cc2ccccc2[C@@H]1CC(=O)Nc1cccc(F)c1. The Balaban J connectivity index is 1.82. The van der Waals surface area contributed by atoms with Crippen molar-refractivity contribution in [2.45, 2.75) is 19.4 Å². The van der Waals surface area contributed by atoms with Crippen LogP contribution in [0.1, 0.15) is 30.5 Å². The third kappa shape index (κ3) is 3.35. The van der Waals surface area contributed by atoms with Gasteiger partial charge in [0.2, 0.25) is 11.8 Å². The fraction of sp³-hybridized carbons (Fsp3) is 0.158. The summed E-state index contributed by atoms with van der Waals surface area (Å²) in [4.78, 5) is 25.8. The molecule has 0 bridgehead atoms. The maximum absolute atomic E-state index is 13.2. The molecule has 2 amide bonds.